The van der Waals surface area contributed by atoms with Crippen molar-refractivity contribution < 1.29 is 8.42 Å². The molecule has 4 rings (SSSR count). The van der Waals surface area contributed by atoms with E-state index in [0.717, 1.165) is 42.7 Å². The minimum Gasteiger partial charge on any atom is -0.299 e. The Kier molecular flexibility index (Phi) is 6.46. The number of fused-ring (bicyclic) bond motifs is 1. The zero-order valence-corrected chi connectivity index (χ0v) is 19.5. The van der Waals surface area contributed by atoms with Crippen molar-refractivity contribution in [3.8, 4) is 0 Å². The van der Waals surface area contributed by atoms with Gasteiger partial charge in [-0.25, -0.2) is 12.7 Å². The second-order valence-electron chi connectivity index (χ2n) is 9.04. The summed E-state index contributed by atoms with van der Waals surface area (Å²) in [5.41, 5.74) is 5.57. The van der Waals surface area contributed by atoms with E-state index in [-0.39, 0.29) is 5.75 Å². The van der Waals surface area contributed by atoms with E-state index in [2.05, 4.69) is 51.5 Å². The molecule has 2 heterocycles. The lowest BCUT2D eigenvalue weighted by Gasteiger charge is -2.33. The highest BCUT2D eigenvalue weighted by Crippen LogP contribution is 2.25. The third kappa shape index (κ3) is 5.34. The largest absolute Gasteiger partial charge is 0.299 e. The van der Waals surface area contributed by atoms with Gasteiger partial charge in [-0.15, -0.1) is 0 Å². The summed E-state index contributed by atoms with van der Waals surface area (Å²) in [6, 6.07) is 12.8. The van der Waals surface area contributed by atoms with E-state index in [1.165, 1.54) is 33.7 Å². The summed E-state index contributed by atoms with van der Waals surface area (Å²) < 4.78 is 26.0. The molecule has 6 nitrogen and oxygen atoms in total. The fourth-order valence-electron chi connectivity index (χ4n) is 4.48. The number of likely N-dealkylation sites (tertiary alicyclic amines) is 1. The second kappa shape index (κ2) is 9.10. The number of nitrogens with zero attached hydrogens (tertiary/aromatic N) is 3. The maximum atomic E-state index is 12.3. The Morgan fingerprint density at radius 3 is 2.77 bits per heavy atom. The minimum atomic E-state index is -3.27. The third-order valence-electron chi connectivity index (χ3n) is 6.35. The summed E-state index contributed by atoms with van der Waals surface area (Å²) in [5, 5.41) is 8.31. The van der Waals surface area contributed by atoms with Gasteiger partial charge in [-0.2, -0.15) is 5.10 Å². The van der Waals surface area contributed by atoms with Gasteiger partial charge in [-0.3, -0.25) is 10.00 Å². The molecule has 0 aliphatic carbocycles. The Hall–Kier alpha value is -2.22. The van der Waals surface area contributed by atoms with E-state index in [1.807, 2.05) is 13.1 Å². The van der Waals surface area contributed by atoms with Crippen LogP contribution in [0.2, 0.25) is 0 Å². The van der Waals surface area contributed by atoms with Crippen molar-refractivity contribution in [2.75, 3.05) is 27.2 Å². The van der Waals surface area contributed by atoms with Crippen molar-refractivity contribution in [2.45, 2.75) is 38.5 Å². The highest BCUT2D eigenvalue weighted by atomic mass is 32.2. The number of hydrogen-bond acceptors (Lipinski definition) is 4. The van der Waals surface area contributed by atoms with Crippen LogP contribution < -0.4 is 0 Å². The van der Waals surface area contributed by atoms with Crippen LogP contribution in [0.25, 0.3) is 10.9 Å². The van der Waals surface area contributed by atoms with Gasteiger partial charge in [0, 0.05) is 32.6 Å². The van der Waals surface area contributed by atoms with Gasteiger partial charge in [0.15, 0.2) is 0 Å². The van der Waals surface area contributed by atoms with Crippen LogP contribution in [0.3, 0.4) is 0 Å². The summed E-state index contributed by atoms with van der Waals surface area (Å²) in [6.07, 6.45) is 5.42. The highest BCUT2D eigenvalue weighted by Gasteiger charge is 2.21. The van der Waals surface area contributed by atoms with E-state index in [1.54, 1.807) is 14.1 Å². The molecule has 1 saturated heterocycles. The molecule has 1 N–H and O–H groups in total. The average Bonchev–Trinajstić information content (AvgIpc) is 3.18. The molecule has 166 valence electrons. The number of aryl methyl sites for hydroxylation is 1. The minimum absolute atomic E-state index is 0.0544. The Balaban J connectivity index is 1.41. The molecule has 0 amide bonds. The lowest BCUT2D eigenvalue weighted by Crippen LogP contribution is -2.35. The zero-order chi connectivity index (χ0) is 22.0. The molecular formula is C24H32N4O2S. The highest BCUT2D eigenvalue weighted by molar-refractivity contribution is 7.88. The lowest BCUT2D eigenvalue weighted by atomic mass is 9.90. The SMILES string of the molecule is Cc1ccc(CN2CCC[C@H](Cc3ccc4[nH]ncc4c3)C2)cc1CS(=O)(=O)N(C)C. The van der Waals surface area contributed by atoms with E-state index in [4.69, 9.17) is 0 Å². The molecular weight excluding hydrogens is 408 g/mol. The number of nitrogens with one attached hydrogen (secondary N) is 1. The van der Waals surface area contributed by atoms with Gasteiger partial charge in [0.1, 0.15) is 0 Å². The van der Waals surface area contributed by atoms with Crippen molar-refractivity contribution >= 4 is 20.9 Å². The number of aromatic amines is 1. The smallest absolute Gasteiger partial charge is 0.217 e. The number of rotatable bonds is 7. The first-order chi connectivity index (χ1) is 14.8. The Morgan fingerprint density at radius 1 is 1.16 bits per heavy atom. The average molecular weight is 441 g/mol. The monoisotopic (exact) mass is 440 g/mol. The fraction of sp³-hybridized carbons (Fsp3) is 0.458. The number of piperidine rings is 1. The maximum Gasteiger partial charge on any atom is 0.217 e. The summed E-state index contributed by atoms with van der Waals surface area (Å²) in [4.78, 5) is 2.51. The van der Waals surface area contributed by atoms with Crippen LogP contribution in [0.1, 0.15) is 35.1 Å². The van der Waals surface area contributed by atoms with Crippen LogP contribution >= 0.6 is 0 Å². The van der Waals surface area contributed by atoms with E-state index < -0.39 is 10.0 Å². The van der Waals surface area contributed by atoms with Crippen molar-refractivity contribution in [2.24, 2.45) is 5.92 Å². The Bertz CT molecular complexity index is 1150. The molecule has 0 bridgehead atoms. The molecule has 0 saturated carbocycles. The number of aromatic nitrogens is 2. The number of sulfonamides is 1. The fourth-order valence-corrected chi connectivity index (χ4v) is 5.44. The molecule has 31 heavy (non-hydrogen) atoms. The molecule has 1 fully saturated rings. The summed E-state index contributed by atoms with van der Waals surface area (Å²) in [5.74, 6) is 0.691. The van der Waals surface area contributed by atoms with E-state index in [0.29, 0.717) is 5.92 Å². The maximum absolute atomic E-state index is 12.3. The predicted molar refractivity (Wildman–Crippen MR) is 125 cm³/mol. The van der Waals surface area contributed by atoms with Crippen LogP contribution in [0.4, 0.5) is 0 Å². The van der Waals surface area contributed by atoms with Crippen molar-refractivity contribution in [3.63, 3.8) is 0 Å². The number of benzene rings is 2. The van der Waals surface area contributed by atoms with E-state index >= 15 is 0 Å². The van der Waals surface area contributed by atoms with Crippen LogP contribution in [0.15, 0.2) is 42.6 Å². The van der Waals surface area contributed by atoms with Gasteiger partial charge in [0.2, 0.25) is 10.0 Å². The Morgan fingerprint density at radius 2 is 1.97 bits per heavy atom. The van der Waals surface area contributed by atoms with Gasteiger partial charge in [0.05, 0.1) is 17.5 Å². The third-order valence-corrected chi connectivity index (χ3v) is 8.13. The molecule has 7 heteroatoms. The van der Waals surface area contributed by atoms with E-state index in [9.17, 15) is 8.42 Å². The first-order valence-corrected chi connectivity index (χ1v) is 12.5. The summed E-state index contributed by atoms with van der Waals surface area (Å²) in [7, 11) is -0.0854. The normalized spacial score (nSPS) is 18.1. The topological polar surface area (TPSA) is 69.3 Å². The lowest BCUT2D eigenvalue weighted by molar-refractivity contribution is 0.167. The van der Waals surface area contributed by atoms with Crippen LogP contribution in [0.5, 0.6) is 0 Å². The molecule has 2 aromatic carbocycles. The van der Waals surface area contributed by atoms with Crippen LogP contribution in [-0.2, 0) is 28.7 Å². The van der Waals surface area contributed by atoms with Crippen LogP contribution in [0, 0.1) is 12.8 Å². The summed E-state index contributed by atoms with van der Waals surface area (Å²) >= 11 is 0. The standard InChI is InChI=1S/C24H32N4O2S/c1-18-6-7-21(13-23(18)17-31(29,30)27(2)3)16-28-10-4-5-20(15-28)11-19-8-9-24-22(12-19)14-25-26-24/h6-9,12-14,20H,4-5,10-11,15-17H2,1-3H3,(H,25,26)/t20-/m1/s1. The van der Waals surface area contributed by atoms with Crippen LogP contribution in [-0.4, -0.2) is 55.0 Å². The number of H-pyrrole nitrogens is 1. The summed E-state index contributed by atoms with van der Waals surface area (Å²) in [6.45, 7) is 5.02. The van der Waals surface area contributed by atoms with Crippen molar-refractivity contribution in [1.29, 1.82) is 0 Å². The van der Waals surface area contributed by atoms with Gasteiger partial charge in [-0.1, -0.05) is 24.3 Å². The molecule has 1 aliphatic heterocycles. The van der Waals surface area contributed by atoms with Crippen molar-refractivity contribution in [3.05, 3.63) is 64.8 Å². The molecule has 1 aromatic heterocycles. The van der Waals surface area contributed by atoms with Crippen molar-refractivity contribution in [1.82, 2.24) is 19.4 Å². The quantitative estimate of drug-likeness (QED) is 0.608. The molecule has 1 aliphatic rings. The second-order valence-corrected chi connectivity index (χ2v) is 11.2. The predicted octanol–water partition coefficient (Wildman–Crippen LogP) is 3.72. The van der Waals surface area contributed by atoms with Gasteiger partial charge < -0.3 is 0 Å². The van der Waals surface area contributed by atoms with Gasteiger partial charge >= 0.3 is 0 Å². The molecule has 0 spiro atoms. The zero-order valence-electron chi connectivity index (χ0n) is 18.6. The number of hydrogen-bond donors (Lipinski definition) is 1. The molecule has 1 atom stereocenters. The molecule has 0 unspecified atom stereocenters. The Labute approximate surface area is 185 Å². The molecule has 0 radical (unpaired) electrons. The molecule has 3 aromatic rings. The first-order valence-electron chi connectivity index (χ1n) is 10.9. The van der Waals surface area contributed by atoms with Gasteiger partial charge in [-0.05, 0) is 73.0 Å². The first kappa shape index (κ1) is 22.0. The van der Waals surface area contributed by atoms with Gasteiger partial charge in [0.25, 0.3) is 0 Å².